The maximum absolute atomic E-state index is 12.1. The number of ether oxygens (including phenoxy) is 4. The number of pyridine rings is 1. The van der Waals surface area contributed by atoms with Crippen molar-refractivity contribution in [2.45, 2.75) is 0 Å². The molecule has 29 heavy (non-hydrogen) atoms. The van der Waals surface area contributed by atoms with Crippen LogP contribution >= 0.6 is 0 Å². The lowest BCUT2D eigenvalue weighted by atomic mass is 10.2. The van der Waals surface area contributed by atoms with E-state index in [0.717, 1.165) is 11.4 Å². The van der Waals surface area contributed by atoms with Gasteiger partial charge in [-0.15, -0.1) is 0 Å². The fourth-order valence-corrected chi connectivity index (χ4v) is 2.74. The quantitative estimate of drug-likeness (QED) is 0.634. The number of hydrogen-bond donors (Lipinski definition) is 2. The second-order valence-corrected chi connectivity index (χ2v) is 6.11. The standard InChI is InChI=1S/C21H19N3O5/c1-26-16-4-2-3-5-17(16)27-12-21(25)24-15-7-9-20(22-11-15)23-14-6-8-18-19(10-14)29-13-28-18/h2-11H,12-13H2,1H3,(H,22,23)(H,24,25). The van der Waals surface area contributed by atoms with E-state index in [1.807, 2.05) is 30.3 Å². The molecule has 4 rings (SSSR count). The smallest absolute Gasteiger partial charge is 0.262 e. The Hall–Kier alpha value is -3.94. The Morgan fingerprint density at radius 3 is 2.62 bits per heavy atom. The SMILES string of the molecule is COc1ccccc1OCC(=O)Nc1ccc(Nc2ccc3c(c2)OCO3)nc1. The highest BCUT2D eigenvalue weighted by Crippen LogP contribution is 2.35. The molecule has 3 aromatic rings. The summed E-state index contributed by atoms with van der Waals surface area (Å²) < 4.78 is 21.4. The molecule has 0 unspecified atom stereocenters. The van der Waals surface area contributed by atoms with Crippen molar-refractivity contribution in [3.8, 4) is 23.0 Å². The zero-order chi connectivity index (χ0) is 20.1. The molecule has 1 aliphatic rings. The molecular formula is C21H19N3O5. The van der Waals surface area contributed by atoms with Gasteiger partial charge in [0.05, 0.1) is 19.0 Å². The molecule has 0 saturated heterocycles. The molecule has 0 aliphatic carbocycles. The molecular weight excluding hydrogens is 374 g/mol. The van der Waals surface area contributed by atoms with Gasteiger partial charge >= 0.3 is 0 Å². The van der Waals surface area contributed by atoms with Crippen LogP contribution in [-0.2, 0) is 4.79 Å². The second kappa shape index (κ2) is 8.39. The number of hydrogen-bond acceptors (Lipinski definition) is 7. The van der Waals surface area contributed by atoms with Gasteiger partial charge in [-0.05, 0) is 36.4 Å². The van der Waals surface area contributed by atoms with Gasteiger partial charge in [0.15, 0.2) is 29.6 Å². The average molecular weight is 393 g/mol. The average Bonchev–Trinajstić information content (AvgIpc) is 3.22. The van der Waals surface area contributed by atoms with E-state index >= 15 is 0 Å². The predicted octanol–water partition coefficient (Wildman–Crippen LogP) is 3.58. The van der Waals surface area contributed by atoms with Gasteiger partial charge in [0, 0.05) is 11.8 Å². The maximum Gasteiger partial charge on any atom is 0.262 e. The van der Waals surface area contributed by atoms with Crippen LogP contribution in [0.2, 0.25) is 0 Å². The highest BCUT2D eigenvalue weighted by atomic mass is 16.7. The highest BCUT2D eigenvalue weighted by molar-refractivity contribution is 5.91. The number of anilines is 3. The summed E-state index contributed by atoms with van der Waals surface area (Å²) in [6.07, 6.45) is 1.57. The Bertz CT molecular complexity index is 1010. The Kier molecular flexibility index (Phi) is 5.33. The van der Waals surface area contributed by atoms with Crippen molar-refractivity contribution in [2.24, 2.45) is 0 Å². The second-order valence-electron chi connectivity index (χ2n) is 6.11. The third kappa shape index (κ3) is 4.49. The van der Waals surface area contributed by atoms with E-state index in [1.54, 1.807) is 37.6 Å². The van der Waals surface area contributed by atoms with Crippen molar-refractivity contribution in [3.05, 3.63) is 60.8 Å². The minimum absolute atomic E-state index is 0.141. The van der Waals surface area contributed by atoms with Gasteiger partial charge < -0.3 is 29.6 Å². The van der Waals surface area contributed by atoms with E-state index in [0.29, 0.717) is 28.8 Å². The van der Waals surface area contributed by atoms with Crippen LogP contribution in [-0.4, -0.2) is 31.4 Å². The summed E-state index contributed by atoms with van der Waals surface area (Å²) in [4.78, 5) is 16.4. The van der Waals surface area contributed by atoms with Crippen LogP contribution in [0, 0.1) is 0 Å². The van der Waals surface area contributed by atoms with Gasteiger partial charge in [-0.2, -0.15) is 0 Å². The first-order chi connectivity index (χ1) is 14.2. The minimum Gasteiger partial charge on any atom is -0.493 e. The van der Waals surface area contributed by atoms with Crippen LogP contribution in [0.15, 0.2) is 60.8 Å². The summed E-state index contributed by atoms with van der Waals surface area (Å²) >= 11 is 0. The maximum atomic E-state index is 12.1. The molecule has 8 nitrogen and oxygen atoms in total. The number of para-hydroxylation sites is 2. The topological polar surface area (TPSA) is 90.9 Å². The summed E-state index contributed by atoms with van der Waals surface area (Å²) in [7, 11) is 1.55. The van der Waals surface area contributed by atoms with Crippen molar-refractivity contribution in [3.63, 3.8) is 0 Å². The lowest BCUT2D eigenvalue weighted by Crippen LogP contribution is -2.20. The zero-order valence-corrected chi connectivity index (χ0v) is 15.7. The Morgan fingerprint density at radius 1 is 1.03 bits per heavy atom. The zero-order valence-electron chi connectivity index (χ0n) is 15.7. The van der Waals surface area contributed by atoms with Crippen molar-refractivity contribution in [1.82, 2.24) is 4.98 Å². The summed E-state index contributed by atoms with van der Waals surface area (Å²) in [5.74, 6) is 2.82. The van der Waals surface area contributed by atoms with Crippen LogP contribution < -0.4 is 29.6 Å². The summed E-state index contributed by atoms with van der Waals surface area (Å²) in [6, 6.07) is 16.2. The number of benzene rings is 2. The van der Waals surface area contributed by atoms with Crippen molar-refractivity contribution < 1.29 is 23.7 Å². The fraction of sp³-hybridized carbons (Fsp3) is 0.143. The highest BCUT2D eigenvalue weighted by Gasteiger charge is 2.13. The molecule has 0 spiro atoms. The van der Waals surface area contributed by atoms with E-state index in [2.05, 4.69) is 15.6 Å². The first kappa shape index (κ1) is 18.4. The van der Waals surface area contributed by atoms with Gasteiger partial charge in [0.25, 0.3) is 5.91 Å². The first-order valence-electron chi connectivity index (χ1n) is 8.89. The number of nitrogens with one attached hydrogen (secondary N) is 2. The van der Waals surface area contributed by atoms with Crippen LogP contribution in [0.5, 0.6) is 23.0 Å². The Morgan fingerprint density at radius 2 is 1.83 bits per heavy atom. The van der Waals surface area contributed by atoms with Gasteiger partial charge in [0.1, 0.15) is 5.82 Å². The Labute approximate surface area is 167 Å². The molecule has 2 heterocycles. The third-order valence-corrected chi connectivity index (χ3v) is 4.12. The monoisotopic (exact) mass is 393 g/mol. The molecule has 1 amide bonds. The van der Waals surface area contributed by atoms with Crippen LogP contribution in [0.1, 0.15) is 0 Å². The molecule has 0 saturated carbocycles. The molecule has 2 N–H and O–H groups in total. The molecule has 1 aromatic heterocycles. The van der Waals surface area contributed by atoms with Gasteiger partial charge in [-0.3, -0.25) is 4.79 Å². The number of fused-ring (bicyclic) bond motifs is 1. The Balaban J connectivity index is 1.31. The molecule has 0 bridgehead atoms. The number of aromatic nitrogens is 1. The molecule has 0 atom stereocenters. The van der Waals surface area contributed by atoms with Gasteiger partial charge in [-0.25, -0.2) is 4.98 Å². The lowest BCUT2D eigenvalue weighted by molar-refractivity contribution is -0.118. The molecule has 1 aliphatic heterocycles. The largest absolute Gasteiger partial charge is 0.493 e. The van der Waals surface area contributed by atoms with E-state index in [1.165, 1.54) is 0 Å². The summed E-state index contributed by atoms with van der Waals surface area (Å²) in [5, 5.41) is 5.92. The number of amides is 1. The number of carbonyl (C=O) groups excluding carboxylic acids is 1. The van der Waals surface area contributed by atoms with Crippen LogP contribution in [0.3, 0.4) is 0 Å². The number of methoxy groups -OCH3 is 1. The first-order valence-corrected chi connectivity index (χ1v) is 8.89. The van der Waals surface area contributed by atoms with Crippen molar-refractivity contribution in [2.75, 3.05) is 31.1 Å². The van der Waals surface area contributed by atoms with E-state index in [-0.39, 0.29) is 19.3 Å². The molecule has 0 radical (unpaired) electrons. The number of nitrogens with zero attached hydrogens (tertiary/aromatic N) is 1. The predicted molar refractivity (Wildman–Crippen MR) is 107 cm³/mol. The van der Waals surface area contributed by atoms with Crippen LogP contribution in [0.25, 0.3) is 0 Å². The van der Waals surface area contributed by atoms with Crippen molar-refractivity contribution >= 4 is 23.1 Å². The van der Waals surface area contributed by atoms with E-state index < -0.39 is 0 Å². The minimum atomic E-state index is -0.297. The van der Waals surface area contributed by atoms with Gasteiger partial charge in [0.2, 0.25) is 6.79 Å². The third-order valence-electron chi connectivity index (χ3n) is 4.12. The van der Waals surface area contributed by atoms with Gasteiger partial charge in [-0.1, -0.05) is 12.1 Å². The molecule has 8 heteroatoms. The number of carbonyl (C=O) groups is 1. The number of rotatable bonds is 7. The van der Waals surface area contributed by atoms with Crippen LogP contribution in [0.4, 0.5) is 17.2 Å². The lowest BCUT2D eigenvalue weighted by Gasteiger charge is -2.11. The normalized spacial score (nSPS) is 11.6. The molecule has 148 valence electrons. The summed E-state index contributed by atoms with van der Waals surface area (Å²) in [5.41, 5.74) is 1.39. The molecule has 0 fully saturated rings. The van der Waals surface area contributed by atoms with Crippen molar-refractivity contribution in [1.29, 1.82) is 0 Å². The summed E-state index contributed by atoms with van der Waals surface area (Å²) in [6.45, 7) is 0.0871. The van der Waals surface area contributed by atoms with E-state index in [9.17, 15) is 4.79 Å². The molecule has 2 aromatic carbocycles. The van der Waals surface area contributed by atoms with E-state index in [4.69, 9.17) is 18.9 Å². The fourth-order valence-electron chi connectivity index (χ4n) is 2.74.